The molecule has 1 rings (SSSR count). The molecule has 64 valence electrons. The average molecular weight is 233 g/mol. The zero-order valence-electron chi connectivity index (χ0n) is 6.09. The summed E-state index contributed by atoms with van der Waals surface area (Å²) in [6.45, 7) is -1.10. The summed E-state index contributed by atoms with van der Waals surface area (Å²) in [4.78, 5) is 10.5. The molecular formula is C8H6BrFO2. The standard InChI is InChI=1S/C8H6BrFO2/c9-6-2-1-3-7(4-6)12-8(11)5-10/h1-4H,5H2. The fraction of sp³-hybridized carbons (Fsp3) is 0.125. The molecule has 2 nitrogen and oxygen atoms in total. The third kappa shape index (κ3) is 2.62. The van der Waals surface area contributed by atoms with Gasteiger partial charge in [0.05, 0.1) is 0 Å². The summed E-state index contributed by atoms with van der Waals surface area (Å²) in [5, 5.41) is 0. The third-order valence-electron chi connectivity index (χ3n) is 1.14. The maximum Gasteiger partial charge on any atom is 0.342 e. The van der Waals surface area contributed by atoms with Crippen LogP contribution in [0.1, 0.15) is 0 Å². The second kappa shape index (κ2) is 4.21. The third-order valence-corrected chi connectivity index (χ3v) is 1.63. The van der Waals surface area contributed by atoms with Gasteiger partial charge >= 0.3 is 5.97 Å². The smallest absolute Gasteiger partial charge is 0.342 e. The number of alkyl halides is 1. The molecule has 0 heterocycles. The molecule has 0 atom stereocenters. The molecule has 0 unspecified atom stereocenters. The fourth-order valence-electron chi connectivity index (χ4n) is 0.689. The minimum absolute atomic E-state index is 0.340. The van der Waals surface area contributed by atoms with E-state index in [-0.39, 0.29) is 0 Å². The lowest BCUT2D eigenvalue weighted by atomic mass is 10.3. The highest BCUT2D eigenvalue weighted by atomic mass is 79.9. The summed E-state index contributed by atoms with van der Waals surface area (Å²) in [5.74, 6) is -0.542. The predicted molar refractivity (Wildman–Crippen MR) is 45.8 cm³/mol. The summed E-state index contributed by atoms with van der Waals surface area (Å²) >= 11 is 3.19. The van der Waals surface area contributed by atoms with Crippen molar-refractivity contribution in [3.8, 4) is 5.75 Å². The Morgan fingerprint density at radius 1 is 1.58 bits per heavy atom. The molecular weight excluding hydrogens is 227 g/mol. The Morgan fingerprint density at radius 3 is 2.92 bits per heavy atom. The minimum Gasteiger partial charge on any atom is -0.425 e. The Balaban J connectivity index is 2.69. The van der Waals surface area contributed by atoms with Crippen LogP contribution in [0.5, 0.6) is 5.75 Å². The van der Waals surface area contributed by atoms with Crippen molar-refractivity contribution in [3.05, 3.63) is 28.7 Å². The van der Waals surface area contributed by atoms with Crippen LogP contribution in [-0.2, 0) is 4.79 Å². The number of benzene rings is 1. The van der Waals surface area contributed by atoms with Crippen LogP contribution in [-0.4, -0.2) is 12.6 Å². The molecule has 1 aromatic rings. The lowest BCUT2D eigenvalue weighted by molar-refractivity contribution is -0.135. The molecule has 1 aromatic carbocycles. The summed E-state index contributed by atoms with van der Waals surface area (Å²) < 4.78 is 17.1. The van der Waals surface area contributed by atoms with Crippen LogP contribution >= 0.6 is 15.9 Å². The molecule has 0 spiro atoms. The van der Waals surface area contributed by atoms with Crippen LogP contribution in [0.25, 0.3) is 0 Å². The first kappa shape index (κ1) is 9.19. The Kier molecular flexibility index (Phi) is 3.22. The summed E-state index contributed by atoms with van der Waals surface area (Å²) in [5.41, 5.74) is 0. The van der Waals surface area contributed by atoms with Crippen molar-refractivity contribution in [2.45, 2.75) is 0 Å². The first-order valence-corrected chi connectivity index (χ1v) is 4.04. The van der Waals surface area contributed by atoms with E-state index >= 15 is 0 Å². The topological polar surface area (TPSA) is 26.3 Å². The van der Waals surface area contributed by atoms with Crippen molar-refractivity contribution in [1.82, 2.24) is 0 Å². The van der Waals surface area contributed by atoms with Crippen molar-refractivity contribution >= 4 is 21.9 Å². The number of hydrogen-bond donors (Lipinski definition) is 0. The summed E-state index contributed by atoms with van der Waals surface area (Å²) in [7, 11) is 0. The van der Waals surface area contributed by atoms with Gasteiger partial charge in [-0.2, -0.15) is 0 Å². The number of carbonyl (C=O) groups is 1. The van der Waals surface area contributed by atoms with E-state index in [2.05, 4.69) is 20.7 Å². The van der Waals surface area contributed by atoms with Gasteiger partial charge in [-0.15, -0.1) is 0 Å². The van der Waals surface area contributed by atoms with E-state index in [0.717, 1.165) is 4.47 Å². The number of esters is 1. The van der Waals surface area contributed by atoms with Crippen molar-refractivity contribution in [2.75, 3.05) is 6.67 Å². The Hall–Kier alpha value is -0.900. The minimum atomic E-state index is -1.10. The number of hydrogen-bond acceptors (Lipinski definition) is 2. The van der Waals surface area contributed by atoms with E-state index in [9.17, 15) is 9.18 Å². The Labute approximate surface area is 77.5 Å². The number of ether oxygens (including phenoxy) is 1. The molecule has 0 bridgehead atoms. The largest absolute Gasteiger partial charge is 0.425 e. The molecule has 0 aromatic heterocycles. The molecule has 0 aliphatic rings. The van der Waals surface area contributed by atoms with Gasteiger partial charge in [0, 0.05) is 4.47 Å². The normalized spacial score (nSPS) is 9.50. The molecule has 0 amide bonds. The maximum atomic E-state index is 11.7. The Bertz CT molecular complexity index is 288. The van der Waals surface area contributed by atoms with Crippen LogP contribution in [0.15, 0.2) is 28.7 Å². The zero-order chi connectivity index (χ0) is 8.97. The van der Waals surface area contributed by atoms with E-state index < -0.39 is 12.6 Å². The van der Waals surface area contributed by atoms with Gasteiger partial charge in [0.15, 0.2) is 6.67 Å². The first-order chi connectivity index (χ1) is 5.72. The molecule has 0 saturated carbocycles. The van der Waals surface area contributed by atoms with Gasteiger partial charge < -0.3 is 4.74 Å². The maximum absolute atomic E-state index is 11.7. The van der Waals surface area contributed by atoms with Crippen molar-refractivity contribution in [2.24, 2.45) is 0 Å². The second-order valence-corrected chi connectivity index (χ2v) is 2.98. The van der Waals surface area contributed by atoms with E-state index in [0.29, 0.717) is 5.75 Å². The van der Waals surface area contributed by atoms with Gasteiger partial charge in [0.1, 0.15) is 5.75 Å². The number of carbonyl (C=O) groups excluding carboxylic acids is 1. The van der Waals surface area contributed by atoms with Crippen LogP contribution in [0, 0.1) is 0 Å². The summed E-state index contributed by atoms with van der Waals surface area (Å²) in [6, 6.07) is 6.66. The molecule has 0 N–H and O–H groups in total. The van der Waals surface area contributed by atoms with E-state index in [1.807, 2.05) is 0 Å². The molecule has 12 heavy (non-hydrogen) atoms. The predicted octanol–water partition coefficient (Wildman–Crippen LogP) is 2.32. The lowest BCUT2D eigenvalue weighted by Gasteiger charge is -2.00. The van der Waals surface area contributed by atoms with Gasteiger partial charge in [-0.3, -0.25) is 0 Å². The van der Waals surface area contributed by atoms with Crippen molar-refractivity contribution in [1.29, 1.82) is 0 Å². The van der Waals surface area contributed by atoms with E-state index in [4.69, 9.17) is 0 Å². The SMILES string of the molecule is O=C(CF)Oc1cccc(Br)c1. The van der Waals surface area contributed by atoms with E-state index in [1.54, 1.807) is 24.3 Å². The monoisotopic (exact) mass is 232 g/mol. The Morgan fingerprint density at radius 2 is 2.33 bits per heavy atom. The quantitative estimate of drug-likeness (QED) is 0.578. The highest BCUT2D eigenvalue weighted by molar-refractivity contribution is 9.10. The molecule has 0 fully saturated rings. The number of halogens is 2. The van der Waals surface area contributed by atoms with Crippen LogP contribution < -0.4 is 4.74 Å². The van der Waals surface area contributed by atoms with Crippen molar-refractivity contribution < 1.29 is 13.9 Å². The molecule has 4 heteroatoms. The van der Waals surface area contributed by atoms with Crippen LogP contribution in [0.4, 0.5) is 4.39 Å². The fourth-order valence-corrected chi connectivity index (χ4v) is 1.07. The van der Waals surface area contributed by atoms with Crippen LogP contribution in [0.3, 0.4) is 0 Å². The van der Waals surface area contributed by atoms with Crippen LogP contribution in [0.2, 0.25) is 0 Å². The van der Waals surface area contributed by atoms with Gasteiger partial charge in [0.2, 0.25) is 0 Å². The van der Waals surface area contributed by atoms with Crippen molar-refractivity contribution in [3.63, 3.8) is 0 Å². The second-order valence-electron chi connectivity index (χ2n) is 2.07. The highest BCUT2D eigenvalue weighted by Crippen LogP contribution is 2.17. The van der Waals surface area contributed by atoms with Gasteiger partial charge in [-0.25, -0.2) is 9.18 Å². The van der Waals surface area contributed by atoms with Gasteiger partial charge in [0.25, 0.3) is 0 Å². The number of rotatable bonds is 2. The molecule has 0 radical (unpaired) electrons. The van der Waals surface area contributed by atoms with Gasteiger partial charge in [-0.1, -0.05) is 22.0 Å². The molecule has 0 aliphatic heterocycles. The highest BCUT2D eigenvalue weighted by Gasteiger charge is 2.02. The summed E-state index contributed by atoms with van der Waals surface area (Å²) in [6.07, 6.45) is 0. The zero-order valence-corrected chi connectivity index (χ0v) is 7.67. The average Bonchev–Trinajstić information content (AvgIpc) is 2.04. The first-order valence-electron chi connectivity index (χ1n) is 3.24. The lowest BCUT2D eigenvalue weighted by Crippen LogP contribution is -2.09. The van der Waals surface area contributed by atoms with Gasteiger partial charge in [-0.05, 0) is 18.2 Å². The van der Waals surface area contributed by atoms with E-state index in [1.165, 1.54) is 0 Å². The molecule has 0 saturated heterocycles. The molecule has 0 aliphatic carbocycles.